The van der Waals surface area contributed by atoms with Gasteiger partial charge in [-0.2, -0.15) is 9.61 Å². The lowest BCUT2D eigenvalue weighted by Gasteiger charge is -2.29. The summed E-state index contributed by atoms with van der Waals surface area (Å²) in [5.74, 6) is 3.55. The van der Waals surface area contributed by atoms with Crippen molar-refractivity contribution in [3.05, 3.63) is 17.8 Å². The van der Waals surface area contributed by atoms with Crippen LogP contribution in [0.5, 0.6) is 0 Å². The smallest absolute Gasteiger partial charge is 0.228 e. The van der Waals surface area contributed by atoms with E-state index in [1.54, 1.807) is 4.52 Å². The van der Waals surface area contributed by atoms with Gasteiger partial charge >= 0.3 is 0 Å². The molecule has 2 aliphatic carbocycles. The molecule has 0 aliphatic heterocycles. The highest BCUT2D eigenvalue weighted by Gasteiger charge is 2.24. The Morgan fingerprint density at radius 1 is 1.13 bits per heavy atom. The Morgan fingerprint density at radius 2 is 1.87 bits per heavy atom. The molecule has 1 amide bonds. The van der Waals surface area contributed by atoms with E-state index in [0.29, 0.717) is 11.8 Å². The fourth-order valence-corrected chi connectivity index (χ4v) is 5.09. The van der Waals surface area contributed by atoms with Crippen LogP contribution >= 0.6 is 0 Å². The van der Waals surface area contributed by atoms with E-state index in [4.69, 9.17) is 4.98 Å². The zero-order chi connectivity index (χ0) is 21.1. The van der Waals surface area contributed by atoms with Crippen LogP contribution in [0.2, 0.25) is 0 Å². The molecular formula is C24H37N5O. The van der Waals surface area contributed by atoms with E-state index < -0.39 is 0 Å². The third-order valence-electron chi connectivity index (χ3n) is 7.18. The van der Waals surface area contributed by atoms with E-state index in [1.807, 2.05) is 12.3 Å². The van der Waals surface area contributed by atoms with Crippen molar-refractivity contribution in [1.82, 2.24) is 14.6 Å². The van der Waals surface area contributed by atoms with Gasteiger partial charge in [0.15, 0.2) is 5.65 Å². The minimum atomic E-state index is 0.113. The standard InChI is InChI=1S/C24H37N5O/c1-16(2)20-15-26-29-22(28-24(30)18-10-5-4-6-11-18)13-21(27-23(20)29)25-14-19-12-8-7-9-17(19)3/h13,15-19H,4-12,14H2,1-3H3,(H,25,27)(H,28,30)/t17-,19+/m0/s1. The maximum absolute atomic E-state index is 12.9. The number of hydrogen-bond acceptors (Lipinski definition) is 4. The number of carbonyl (C=O) groups is 1. The summed E-state index contributed by atoms with van der Waals surface area (Å²) in [5, 5.41) is 11.3. The molecule has 0 bridgehead atoms. The molecule has 2 heterocycles. The van der Waals surface area contributed by atoms with Crippen molar-refractivity contribution in [3.8, 4) is 0 Å². The second-order valence-corrected chi connectivity index (χ2v) is 9.74. The van der Waals surface area contributed by atoms with E-state index in [0.717, 1.165) is 61.0 Å². The number of nitrogens with one attached hydrogen (secondary N) is 2. The summed E-state index contributed by atoms with van der Waals surface area (Å²) in [6.07, 6.45) is 12.7. The van der Waals surface area contributed by atoms with Crippen molar-refractivity contribution in [2.45, 2.75) is 84.5 Å². The second kappa shape index (κ2) is 9.36. The van der Waals surface area contributed by atoms with E-state index in [-0.39, 0.29) is 11.8 Å². The van der Waals surface area contributed by atoms with Crippen molar-refractivity contribution < 1.29 is 4.79 Å². The number of anilines is 2. The van der Waals surface area contributed by atoms with Crippen molar-refractivity contribution in [3.63, 3.8) is 0 Å². The summed E-state index contributed by atoms with van der Waals surface area (Å²) >= 11 is 0. The van der Waals surface area contributed by atoms with Crippen LogP contribution in [-0.4, -0.2) is 27.0 Å². The van der Waals surface area contributed by atoms with Crippen molar-refractivity contribution in [2.24, 2.45) is 17.8 Å². The minimum absolute atomic E-state index is 0.113. The van der Waals surface area contributed by atoms with Crippen LogP contribution in [0.1, 0.15) is 90.0 Å². The maximum atomic E-state index is 12.9. The Labute approximate surface area is 180 Å². The molecule has 0 saturated heterocycles. The zero-order valence-electron chi connectivity index (χ0n) is 18.8. The number of nitrogens with zero attached hydrogens (tertiary/aromatic N) is 3. The average molecular weight is 412 g/mol. The van der Waals surface area contributed by atoms with E-state index in [9.17, 15) is 4.79 Å². The number of hydrogen-bond donors (Lipinski definition) is 2. The third kappa shape index (κ3) is 4.62. The number of fused-ring (bicyclic) bond motifs is 1. The first-order chi connectivity index (χ1) is 14.5. The molecule has 2 N–H and O–H groups in total. The van der Waals surface area contributed by atoms with Gasteiger partial charge in [0.1, 0.15) is 11.6 Å². The Bertz CT molecular complexity index is 868. The molecule has 2 atom stereocenters. The van der Waals surface area contributed by atoms with Gasteiger partial charge in [-0.25, -0.2) is 4.98 Å². The van der Waals surface area contributed by atoms with E-state index >= 15 is 0 Å². The summed E-state index contributed by atoms with van der Waals surface area (Å²) < 4.78 is 1.80. The zero-order valence-corrected chi connectivity index (χ0v) is 18.8. The van der Waals surface area contributed by atoms with Crippen LogP contribution in [-0.2, 0) is 4.79 Å². The largest absolute Gasteiger partial charge is 0.370 e. The third-order valence-corrected chi connectivity index (χ3v) is 7.18. The molecular weight excluding hydrogens is 374 g/mol. The Morgan fingerprint density at radius 3 is 2.60 bits per heavy atom. The number of rotatable bonds is 6. The van der Waals surface area contributed by atoms with Gasteiger partial charge in [0.05, 0.1) is 6.20 Å². The first-order valence-electron chi connectivity index (χ1n) is 12.0. The number of aromatic nitrogens is 3. The van der Waals surface area contributed by atoms with Crippen LogP contribution in [0.25, 0.3) is 5.65 Å². The van der Waals surface area contributed by atoms with Crippen LogP contribution < -0.4 is 10.6 Å². The van der Waals surface area contributed by atoms with Gasteiger partial charge < -0.3 is 10.6 Å². The molecule has 2 saturated carbocycles. The van der Waals surface area contributed by atoms with Gasteiger partial charge in [-0.05, 0) is 37.0 Å². The Balaban J connectivity index is 1.58. The first-order valence-corrected chi connectivity index (χ1v) is 12.0. The van der Waals surface area contributed by atoms with Crippen molar-refractivity contribution in [2.75, 3.05) is 17.2 Å². The summed E-state index contributed by atoms with van der Waals surface area (Å²) in [6.45, 7) is 7.61. The van der Waals surface area contributed by atoms with Crippen LogP contribution in [0.4, 0.5) is 11.6 Å². The van der Waals surface area contributed by atoms with Gasteiger partial charge in [0.2, 0.25) is 5.91 Å². The van der Waals surface area contributed by atoms with Crippen molar-refractivity contribution >= 4 is 23.2 Å². The van der Waals surface area contributed by atoms with Gasteiger partial charge in [-0.1, -0.05) is 59.3 Å². The molecule has 0 unspecified atom stereocenters. The summed E-state index contributed by atoms with van der Waals surface area (Å²) in [4.78, 5) is 17.8. The molecule has 30 heavy (non-hydrogen) atoms. The number of amides is 1. The van der Waals surface area contributed by atoms with E-state index in [2.05, 4.69) is 36.5 Å². The Kier molecular flexibility index (Phi) is 6.59. The predicted octanol–water partition coefficient (Wildman–Crippen LogP) is 5.61. The first kappa shape index (κ1) is 21.1. The second-order valence-electron chi connectivity index (χ2n) is 9.74. The van der Waals surface area contributed by atoms with Crippen LogP contribution in [0.15, 0.2) is 12.3 Å². The molecule has 2 fully saturated rings. The highest BCUT2D eigenvalue weighted by atomic mass is 16.2. The van der Waals surface area contributed by atoms with Gasteiger partial charge in [0, 0.05) is 24.1 Å². The Hall–Kier alpha value is -2.11. The molecule has 164 valence electrons. The van der Waals surface area contributed by atoms with E-state index in [1.165, 1.54) is 32.1 Å². The number of carbonyl (C=O) groups excluding carboxylic acids is 1. The monoisotopic (exact) mass is 411 g/mol. The topological polar surface area (TPSA) is 71.3 Å². The molecule has 0 spiro atoms. The van der Waals surface area contributed by atoms with Gasteiger partial charge in [-0.3, -0.25) is 4.79 Å². The highest BCUT2D eigenvalue weighted by molar-refractivity contribution is 5.92. The molecule has 4 rings (SSSR count). The average Bonchev–Trinajstić information content (AvgIpc) is 3.18. The lowest BCUT2D eigenvalue weighted by molar-refractivity contribution is -0.120. The summed E-state index contributed by atoms with van der Waals surface area (Å²) in [5.41, 5.74) is 1.95. The molecule has 6 nitrogen and oxygen atoms in total. The highest BCUT2D eigenvalue weighted by Crippen LogP contribution is 2.31. The maximum Gasteiger partial charge on any atom is 0.228 e. The fourth-order valence-electron chi connectivity index (χ4n) is 5.09. The predicted molar refractivity (Wildman–Crippen MR) is 122 cm³/mol. The molecule has 6 heteroatoms. The molecule has 0 aromatic carbocycles. The molecule has 2 aromatic heterocycles. The van der Waals surface area contributed by atoms with Gasteiger partial charge in [0.25, 0.3) is 0 Å². The van der Waals surface area contributed by atoms with Crippen LogP contribution in [0.3, 0.4) is 0 Å². The van der Waals surface area contributed by atoms with Crippen LogP contribution in [0, 0.1) is 17.8 Å². The quantitative estimate of drug-likeness (QED) is 0.648. The lowest BCUT2D eigenvalue weighted by atomic mass is 9.80. The summed E-state index contributed by atoms with van der Waals surface area (Å²) in [6, 6.07) is 1.96. The fraction of sp³-hybridized carbons (Fsp3) is 0.708. The van der Waals surface area contributed by atoms with Crippen molar-refractivity contribution in [1.29, 1.82) is 0 Å². The SMILES string of the molecule is CC(C)c1cnn2c(NC(=O)C3CCCCC3)cc(NC[C@H]3CCCC[C@@H]3C)nc12. The molecule has 2 aliphatic rings. The molecule has 0 radical (unpaired) electrons. The lowest BCUT2D eigenvalue weighted by Crippen LogP contribution is -2.26. The summed E-state index contributed by atoms with van der Waals surface area (Å²) in [7, 11) is 0. The van der Waals surface area contributed by atoms with Gasteiger partial charge in [-0.15, -0.1) is 0 Å². The minimum Gasteiger partial charge on any atom is -0.370 e. The normalized spacial score (nSPS) is 23.1. The molecule has 2 aromatic rings.